The van der Waals surface area contributed by atoms with E-state index in [4.69, 9.17) is 10.4 Å². The number of aliphatic hydroxyl groups is 1. The minimum absolute atomic E-state index is 0.000602. The first-order valence-electron chi connectivity index (χ1n) is 4.52. The van der Waals surface area contributed by atoms with Crippen LogP contribution in [0.15, 0.2) is 0 Å². The van der Waals surface area contributed by atoms with Crippen LogP contribution in [0.4, 0.5) is 0 Å². The highest BCUT2D eigenvalue weighted by atomic mass is 16.3. The van der Waals surface area contributed by atoms with Gasteiger partial charge in [0.2, 0.25) is 0 Å². The van der Waals surface area contributed by atoms with Gasteiger partial charge in [0, 0.05) is 13.2 Å². The van der Waals surface area contributed by atoms with Crippen LogP contribution in [-0.2, 0) is 0 Å². The van der Waals surface area contributed by atoms with E-state index in [0.717, 1.165) is 25.9 Å². The van der Waals surface area contributed by atoms with Crippen molar-refractivity contribution in [3.8, 4) is 6.07 Å². The predicted molar refractivity (Wildman–Crippen MR) is 46.5 cm³/mol. The SMILES string of the molecule is CC(C#N)N1CCCC(CO)C1. The van der Waals surface area contributed by atoms with Gasteiger partial charge in [0.15, 0.2) is 0 Å². The molecule has 1 fully saturated rings. The number of likely N-dealkylation sites (tertiary alicyclic amines) is 1. The van der Waals surface area contributed by atoms with Crippen LogP contribution in [0.2, 0.25) is 0 Å². The first-order chi connectivity index (χ1) is 5.77. The van der Waals surface area contributed by atoms with E-state index >= 15 is 0 Å². The Morgan fingerprint density at radius 2 is 2.50 bits per heavy atom. The van der Waals surface area contributed by atoms with Gasteiger partial charge in [-0.15, -0.1) is 0 Å². The number of rotatable bonds is 2. The Morgan fingerprint density at radius 3 is 3.08 bits per heavy atom. The maximum atomic E-state index is 8.95. The maximum absolute atomic E-state index is 8.95. The van der Waals surface area contributed by atoms with E-state index in [2.05, 4.69) is 11.0 Å². The van der Waals surface area contributed by atoms with Crippen LogP contribution >= 0.6 is 0 Å². The Balaban J connectivity index is 2.41. The molecule has 1 aliphatic heterocycles. The zero-order chi connectivity index (χ0) is 8.97. The standard InChI is InChI=1S/C9H16N2O/c1-8(5-10)11-4-2-3-9(6-11)7-12/h8-9,12H,2-4,6-7H2,1H3. The molecule has 0 aromatic carbocycles. The quantitative estimate of drug-likeness (QED) is 0.657. The van der Waals surface area contributed by atoms with Crippen molar-refractivity contribution >= 4 is 0 Å². The summed E-state index contributed by atoms with van der Waals surface area (Å²) in [7, 11) is 0. The average molecular weight is 168 g/mol. The zero-order valence-corrected chi connectivity index (χ0v) is 7.53. The van der Waals surface area contributed by atoms with Crippen LogP contribution in [0, 0.1) is 17.2 Å². The summed E-state index contributed by atoms with van der Waals surface area (Å²) < 4.78 is 0. The molecule has 0 amide bonds. The van der Waals surface area contributed by atoms with Crippen molar-refractivity contribution in [2.45, 2.75) is 25.8 Å². The van der Waals surface area contributed by atoms with Gasteiger partial charge in [0.1, 0.15) is 0 Å². The number of hydrogen-bond donors (Lipinski definition) is 1. The highest BCUT2D eigenvalue weighted by molar-refractivity contribution is 4.90. The van der Waals surface area contributed by atoms with Gasteiger partial charge in [-0.3, -0.25) is 4.90 Å². The number of nitriles is 1. The molecule has 0 aromatic rings. The molecule has 1 heterocycles. The Bertz CT molecular complexity index is 176. The van der Waals surface area contributed by atoms with Crippen LogP contribution in [0.3, 0.4) is 0 Å². The first kappa shape index (κ1) is 9.50. The van der Waals surface area contributed by atoms with Crippen LogP contribution in [0.1, 0.15) is 19.8 Å². The number of nitrogens with zero attached hydrogens (tertiary/aromatic N) is 2. The van der Waals surface area contributed by atoms with Crippen molar-refractivity contribution in [1.82, 2.24) is 4.90 Å². The summed E-state index contributed by atoms with van der Waals surface area (Å²) in [6.45, 7) is 4.06. The topological polar surface area (TPSA) is 47.3 Å². The molecule has 2 atom stereocenters. The molecule has 0 saturated carbocycles. The van der Waals surface area contributed by atoms with Crippen molar-refractivity contribution in [3.05, 3.63) is 0 Å². The fraction of sp³-hybridized carbons (Fsp3) is 0.889. The Labute approximate surface area is 73.6 Å². The van der Waals surface area contributed by atoms with E-state index < -0.39 is 0 Å². The molecule has 12 heavy (non-hydrogen) atoms. The Kier molecular flexibility index (Phi) is 3.51. The normalized spacial score (nSPS) is 27.9. The lowest BCUT2D eigenvalue weighted by atomic mass is 9.98. The van der Waals surface area contributed by atoms with Crippen LogP contribution < -0.4 is 0 Å². The maximum Gasteiger partial charge on any atom is 0.0949 e. The molecule has 0 aromatic heterocycles. The van der Waals surface area contributed by atoms with Gasteiger partial charge >= 0.3 is 0 Å². The number of piperidine rings is 1. The van der Waals surface area contributed by atoms with Gasteiger partial charge in [0.05, 0.1) is 12.1 Å². The average Bonchev–Trinajstić information content (AvgIpc) is 2.17. The van der Waals surface area contributed by atoms with E-state index in [1.807, 2.05) is 6.92 Å². The number of aliphatic hydroxyl groups excluding tert-OH is 1. The fourth-order valence-corrected chi connectivity index (χ4v) is 1.68. The minimum Gasteiger partial charge on any atom is -0.396 e. The fourth-order valence-electron chi connectivity index (χ4n) is 1.68. The van der Waals surface area contributed by atoms with Crippen molar-refractivity contribution in [2.75, 3.05) is 19.7 Å². The van der Waals surface area contributed by atoms with Crippen molar-refractivity contribution in [3.63, 3.8) is 0 Å². The molecule has 0 aliphatic carbocycles. The minimum atomic E-state index is -0.000602. The molecule has 1 rings (SSSR count). The molecule has 1 N–H and O–H groups in total. The van der Waals surface area contributed by atoms with Crippen LogP contribution in [0.5, 0.6) is 0 Å². The largest absolute Gasteiger partial charge is 0.396 e. The molecular formula is C9H16N2O. The van der Waals surface area contributed by atoms with Gasteiger partial charge < -0.3 is 5.11 Å². The summed E-state index contributed by atoms with van der Waals surface area (Å²) in [6.07, 6.45) is 2.21. The van der Waals surface area contributed by atoms with Crippen LogP contribution in [-0.4, -0.2) is 35.7 Å². The summed E-state index contributed by atoms with van der Waals surface area (Å²) in [5.41, 5.74) is 0. The second kappa shape index (κ2) is 4.44. The second-order valence-corrected chi connectivity index (χ2v) is 3.49. The molecule has 68 valence electrons. The Morgan fingerprint density at radius 1 is 1.75 bits per heavy atom. The molecule has 3 heteroatoms. The zero-order valence-electron chi connectivity index (χ0n) is 7.53. The third-order valence-electron chi connectivity index (χ3n) is 2.54. The number of hydrogen-bond acceptors (Lipinski definition) is 3. The summed E-state index contributed by atoms with van der Waals surface area (Å²) >= 11 is 0. The first-order valence-corrected chi connectivity index (χ1v) is 4.52. The van der Waals surface area contributed by atoms with E-state index in [1.54, 1.807) is 0 Å². The molecular weight excluding hydrogens is 152 g/mol. The smallest absolute Gasteiger partial charge is 0.0949 e. The van der Waals surface area contributed by atoms with Crippen molar-refractivity contribution in [1.29, 1.82) is 5.26 Å². The molecule has 1 aliphatic rings. The highest BCUT2D eigenvalue weighted by Gasteiger charge is 2.22. The Hall–Kier alpha value is -0.590. The molecule has 2 unspecified atom stereocenters. The monoisotopic (exact) mass is 168 g/mol. The lowest BCUT2D eigenvalue weighted by Crippen LogP contribution is -2.41. The highest BCUT2D eigenvalue weighted by Crippen LogP contribution is 2.17. The summed E-state index contributed by atoms with van der Waals surface area (Å²) in [5.74, 6) is 0.384. The van der Waals surface area contributed by atoms with Gasteiger partial charge in [-0.2, -0.15) is 5.26 Å². The molecule has 0 bridgehead atoms. The van der Waals surface area contributed by atoms with Gasteiger partial charge in [-0.1, -0.05) is 0 Å². The van der Waals surface area contributed by atoms with E-state index in [0.29, 0.717) is 5.92 Å². The lowest BCUT2D eigenvalue weighted by Gasteiger charge is -2.33. The summed E-state index contributed by atoms with van der Waals surface area (Å²) in [5, 5.41) is 17.6. The van der Waals surface area contributed by atoms with Gasteiger partial charge in [-0.25, -0.2) is 0 Å². The van der Waals surface area contributed by atoms with E-state index in [-0.39, 0.29) is 12.6 Å². The predicted octanol–water partition coefficient (Wildman–Crippen LogP) is 0.603. The van der Waals surface area contributed by atoms with Gasteiger partial charge in [-0.05, 0) is 32.2 Å². The van der Waals surface area contributed by atoms with E-state index in [9.17, 15) is 0 Å². The lowest BCUT2D eigenvalue weighted by molar-refractivity contribution is 0.109. The van der Waals surface area contributed by atoms with E-state index in [1.165, 1.54) is 0 Å². The van der Waals surface area contributed by atoms with Crippen LogP contribution in [0.25, 0.3) is 0 Å². The van der Waals surface area contributed by atoms with Gasteiger partial charge in [0.25, 0.3) is 0 Å². The summed E-state index contributed by atoms with van der Waals surface area (Å²) in [6, 6.07) is 2.22. The molecule has 3 nitrogen and oxygen atoms in total. The molecule has 1 saturated heterocycles. The van der Waals surface area contributed by atoms with Crippen molar-refractivity contribution in [2.24, 2.45) is 5.92 Å². The van der Waals surface area contributed by atoms with Crippen molar-refractivity contribution < 1.29 is 5.11 Å². The molecule has 0 spiro atoms. The second-order valence-electron chi connectivity index (χ2n) is 3.49. The summed E-state index contributed by atoms with van der Waals surface area (Å²) in [4.78, 5) is 2.14. The molecule has 0 radical (unpaired) electrons. The third kappa shape index (κ3) is 2.20. The third-order valence-corrected chi connectivity index (χ3v) is 2.54.